The van der Waals surface area contributed by atoms with Gasteiger partial charge < -0.3 is 13.6 Å². The Balaban J connectivity index is 1.67. The molecule has 11 heteroatoms. The maximum atomic E-state index is 14.2. The topological polar surface area (TPSA) is 87.1 Å². The van der Waals surface area contributed by atoms with E-state index in [-0.39, 0.29) is 39.1 Å². The molecule has 280 valence electrons. The Labute approximate surface area is 308 Å². The molecule has 8 nitrogen and oxygen atoms in total. The summed E-state index contributed by atoms with van der Waals surface area (Å²) in [4.78, 5) is 16.3. The van der Waals surface area contributed by atoms with Crippen molar-refractivity contribution in [2.45, 2.75) is 140 Å². The van der Waals surface area contributed by atoms with Gasteiger partial charge >= 0.3 is 6.09 Å². The molecule has 2 heterocycles. The highest BCUT2D eigenvalue weighted by molar-refractivity contribution is 7.90. The van der Waals surface area contributed by atoms with Crippen molar-refractivity contribution >= 4 is 43.7 Å². The molecule has 0 fully saturated rings. The second-order valence-corrected chi connectivity index (χ2v) is 30.0. The van der Waals surface area contributed by atoms with Crippen molar-refractivity contribution in [1.29, 1.82) is 0 Å². The van der Waals surface area contributed by atoms with E-state index in [1.165, 1.54) is 3.97 Å². The molecule has 51 heavy (non-hydrogen) atoms. The second kappa shape index (κ2) is 13.3. The number of benzene rings is 2. The standard InChI is InChI=1S/C40H60N2O6SSi2/c1-27-18-20-30(21-19-27)49(44,45)42-25-29-23-34-32(31-16-15-17-33(42)36(29)31)22-28(24-41(34)37(43)47-38(2,3)4)35(48-51(13,14)40(8,9)10)26-46-50(11,12)39(5,6)7/h15-22,25,32,34-35H,23-24,26H2,1-14H3/t32-,34+,35+/m0/s1. The molecule has 0 saturated carbocycles. The van der Waals surface area contributed by atoms with Crippen LogP contribution >= 0.6 is 0 Å². The van der Waals surface area contributed by atoms with E-state index in [2.05, 4.69) is 79.9 Å². The van der Waals surface area contributed by atoms with Crippen LogP contribution in [0.5, 0.6) is 0 Å². The van der Waals surface area contributed by atoms with Gasteiger partial charge in [0.05, 0.1) is 23.1 Å². The minimum Gasteiger partial charge on any atom is -0.444 e. The van der Waals surface area contributed by atoms with Crippen molar-refractivity contribution < 1.29 is 26.8 Å². The molecule has 2 aliphatic rings. The zero-order chi connectivity index (χ0) is 38.1. The summed E-state index contributed by atoms with van der Waals surface area (Å²) in [5.74, 6) is -0.200. The summed E-state index contributed by atoms with van der Waals surface area (Å²) >= 11 is 0. The SMILES string of the molecule is Cc1ccc(S(=O)(=O)n2cc3c4c(cccc42)[C@@H]2C=C([C@@H](CO[Si](C)(C)C(C)(C)C)O[Si](C)(C)C(C)(C)C)CN(C(=O)OC(C)(C)C)[C@@H]2C3)cc1. The molecule has 0 unspecified atom stereocenters. The normalized spacial score (nSPS) is 19.5. The molecule has 1 aromatic heterocycles. The molecule has 0 N–H and O–H groups in total. The summed E-state index contributed by atoms with van der Waals surface area (Å²) in [5.41, 5.74) is 3.84. The average Bonchev–Trinajstić information content (AvgIpc) is 3.37. The van der Waals surface area contributed by atoms with E-state index in [0.29, 0.717) is 25.1 Å². The quantitative estimate of drug-likeness (QED) is 0.168. The number of hydrogen-bond donors (Lipinski definition) is 0. The largest absolute Gasteiger partial charge is 0.444 e. The molecule has 0 saturated heterocycles. The van der Waals surface area contributed by atoms with Crippen molar-refractivity contribution in [3.8, 4) is 0 Å². The van der Waals surface area contributed by atoms with Gasteiger partial charge in [0.15, 0.2) is 16.6 Å². The second-order valence-electron chi connectivity index (χ2n) is 18.6. The molecular weight excluding hydrogens is 693 g/mol. The first kappa shape index (κ1) is 39.5. The van der Waals surface area contributed by atoms with Gasteiger partial charge in [-0.1, -0.05) is 77.4 Å². The number of ether oxygens (including phenoxy) is 1. The number of aryl methyl sites for hydroxylation is 1. The lowest BCUT2D eigenvalue weighted by Crippen LogP contribution is -2.54. The minimum atomic E-state index is -3.87. The fraction of sp³-hybridized carbons (Fsp3) is 0.575. The van der Waals surface area contributed by atoms with Gasteiger partial charge in [0.2, 0.25) is 0 Å². The van der Waals surface area contributed by atoms with E-state index in [4.69, 9.17) is 13.6 Å². The van der Waals surface area contributed by atoms with Crippen LogP contribution in [0.25, 0.3) is 10.9 Å². The van der Waals surface area contributed by atoms with Crippen LogP contribution in [-0.2, 0) is 30.0 Å². The van der Waals surface area contributed by atoms with Gasteiger partial charge in [-0.2, -0.15) is 0 Å². The molecule has 3 aromatic rings. The Morgan fingerprint density at radius 1 is 0.902 bits per heavy atom. The number of fused-ring (bicyclic) bond motifs is 2. The molecule has 3 atom stereocenters. The van der Waals surface area contributed by atoms with Gasteiger partial charge in [-0.05, 0) is 105 Å². The Kier molecular flexibility index (Phi) is 10.3. The van der Waals surface area contributed by atoms with Crippen molar-refractivity contribution in [2.24, 2.45) is 0 Å². The maximum Gasteiger partial charge on any atom is 0.410 e. The highest BCUT2D eigenvalue weighted by atomic mass is 32.2. The van der Waals surface area contributed by atoms with Crippen LogP contribution in [0.2, 0.25) is 36.3 Å². The third kappa shape index (κ3) is 7.83. The summed E-state index contributed by atoms with van der Waals surface area (Å²) in [7, 11) is -8.31. The Bertz CT molecular complexity index is 1930. The lowest BCUT2D eigenvalue weighted by atomic mass is 9.76. The first-order valence-electron chi connectivity index (χ1n) is 18.2. The third-order valence-corrected chi connectivity index (χ3v) is 22.2. The van der Waals surface area contributed by atoms with Crippen LogP contribution < -0.4 is 0 Å². The molecule has 2 aromatic carbocycles. The monoisotopic (exact) mass is 752 g/mol. The van der Waals surface area contributed by atoms with Crippen LogP contribution in [0, 0.1) is 6.92 Å². The molecule has 1 aliphatic carbocycles. The van der Waals surface area contributed by atoms with Crippen molar-refractivity contribution in [3.05, 3.63) is 77.0 Å². The van der Waals surface area contributed by atoms with Crippen LogP contribution in [0.15, 0.2) is 65.2 Å². The first-order chi connectivity index (χ1) is 23.2. The molecule has 0 bridgehead atoms. The number of carbonyl (C=O) groups excluding carboxylic acids is 1. The zero-order valence-electron chi connectivity index (χ0n) is 33.3. The molecule has 1 aliphatic heterocycles. The van der Waals surface area contributed by atoms with E-state index in [9.17, 15) is 13.2 Å². The number of carbonyl (C=O) groups is 1. The number of aromatic nitrogens is 1. The molecule has 1 amide bonds. The van der Waals surface area contributed by atoms with E-state index in [1.807, 2.05) is 56.9 Å². The Morgan fingerprint density at radius 2 is 1.51 bits per heavy atom. The van der Waals surface area contributed by atoms with Gasteiger partial charge in [0, 0.05) is 30.1 Å². The van der Waals surface area contributed by atoms with Crippen LogP contribution in [-0.4, -0.2) is 70.9 Å². The van der Waals surface area contributed by atoms with Gasteiger partial charge in [-0.25, -0.2) is 17.2 Å². The predicted molar refractivity (Wildman–Crippen MR) is 212 cm³/mol. The molecule has 0 radical (unpaired) electrons. The number of nitrogens with zero attached hydrogens (tertiary/aromatic N) is 2. The van der Waals surface area contributed by atoms with Crippen molar-refractivity contribution in [3.63, 3.8) is 0 Å². The van der Waals surface area contributed by atoms with E-state index in [1.54, 1.807) is 18.3 Å². The lowest BCUT2D eigenvalue weighted by molar-refractivity contribution is 0.0126. The van der Waals surface area contributed by atoms with Gasteiger partial charge in [0.25, 0.3) is 10.0 Å². The van der Waals surface area contributed by atoms with Crippen LogP contribution in [0.1, 0.15) is 84.9 Å². The third-order valence-electron chi connectivity index (χ3n) is 11.5. The highest BCUT2D eigenvalue weighted by Gasteiger charge is 2.46. The fourth-order valence-electron chi connectivity index (χ4n) is 6.46. The summed E-state index contributed by atoms with van der Waals surface area (Å²) < 4.78 is 49.7. The lowest BCUT2D eigenvalue weighted by Gasteiger charge is -2.46. The summed E-state index contributed by atoms with van der Waals surface area (Å²) in [6, 6.07) is 12.6. The van der Waals surface area contributed by atoms with Crippen LogP contribution in [0.3, 0.4) is 0 Å². The Hall–Kier alpha value is -2.71. The summed E-state index contributed by atoms with van der Waals surface area (Å²) in [6.07, 6.45) is 3.79. The van der Waals surface area contributed by atoms with E-state index in [0.717, 1.165) is 27.6 Å². The molecule has 0 spiro atoms. The first-order valence-corrected chi connectivity index (χ1v) is 25.5. The smallest absolute Gasteiger partial charge is 0.410 e. The number of rotatable bonds is 8. The molecular formula is C40H60N2O6SSi2. The van der Waals surface area contributed by atoms with Gasteiger partial charge in [-0.3, -0.25) is 4.90 Å². The van der Waals surface area contributed by atoms with Gasteiger partial charge in [0.1, 0.15) is 5.60 Å². The number of amides is 1. The summed E-state index contributed by atoms with van der Waals surface area (Å²) in [5, 5.41) is 0.905. The van der Waals surface area contributed by atoms with Gasteiger partial charge in [-0.15, -0.1) is 0 Å². The number of hydrogen-bond acceptors (Lipinski definition) is 6. The maximum absolute atomic E-state index is 14.2. The van der Waals surface area contributed by atoms with Crippen LogP contribution in [0.4, 0.5) is 4.79 Å². The minimum absolute atomic E-state index is 0.0185. The predicted octanol–water partition coefficient (Wildman–Crippen LogP) is 9.78. The van der Waals surface area contributed by atoms with Crippen molar-refractivity contribution in [1.82, 2.24) is 8.87 Å². The fourth-order valence-corrected chi connectivity index (χ4v) is 10.1. The van der Waals surface area contributed by atoms with E-state index < -0.39 is 32.3 Å². The Morgan fingerprint density at radius 3 is 2.08 bits per heavy atom. The highest BCUT2D eigenvalue weighted by Crippen LogP contribution is 2.46. The zero-order valence-corrected chi connectivity index (χ0v) is 36.1. The summed E-state index contributed by atoms with van der Waals surface area (Å²) in [6.45, 7) is 30.8. The molecule has 5 rings (SSSR count). The average molecular weight is 753 g/mol. The van der Waals surface area contributed by atoms with Crippen molar-refractivity contribution in [2.75, 3.05) is 13.2 Å². The van der Waals surface area contributed by atoms with E-state index >= 15 is 0 Å².